The standard InChI is InChI=1S/C8H13F2N.ClH/c9-8(10)3-1-7(2-4-8)5-6-11-7;/h11H,1-6H2;1H. The molecule has 1 saturated heterocycles. The minimum absolute atomic E-state index is 0. The first-order valence-corrected chi connectivity index (χ1v) is 4.25. The van der Waals surface area contributed by atoms with Gasteiger partial charge in [0.25, 0.3) is 0 Å². The van der Waals surface area contributed by atoms with Gasteiger partial charge in [0, 0.05) is 18.4 Å². The van der Waals surface area contributed by atoms with E-state index in [2.05, 4.69) is 5.32 Å². The highest BCUT2D eigenvalue weighted by molar-refractivity contribution is 5.85. The Morgan fingerprint density at radius 2 is 1.42 bits per heavy atom. The zero-order valence-electron chi connectivity index (χ0n) is 6.91. The van der Waals surface area contributed by atoms with Crippen LogP contribution in [-0.4, -0.2) is 18.0 Å². The zero-order valence-corrected chi connectivity index (χ0v) is 7.72. The highest BCUT2D eigenvalue weighted by Crippen LogP contribution is 2.42. The molecule has 0 bridgehead atoms. The third kappa shape index (κ3) is 1.72. The molecule has 0 radical (unpaired) electrons. The summed E-state index contributed by atoms with van der Waals surface area (Å²) in [4.78, 5) is 0. The van der Waals surface area contributed by atoms with Crippen molar-refractivity contribution in [1.29, 1.82) is 0 Å². The maximum Gasteiger partial charge on any atom is 0.248 e. The molecule has 1 heterocycles. The van der Waals surface area contributed by atoms with E-state index in [-0.39, 0.29) is 30.8 Å². The summed E-state index contributed by atoms with van der Waals surface area (Å²) < 4.78 is 25.4. The molecule has 2 aliphatic rings. The monoisotopic (exact) mass is 197 g/mol. The van der Waals surface area contributed by atoms with Crippen molar-refractivity contribution in [3.05, 3.63) is 0 Å². The molecule has 0 aromatic rings. The van der Waals surface area contributed by atoms with Crippen LogP contribution in [0.4, 0.5) is 8.78 Å². The summed E-state index contributed by atoms with van der Waals surface area (Å²) in [6.45, 7) is 1.02. The second kappa shape index (κ2) is 3.11. The van der Waals surface area contributed by atoms with E-state index in [1.807, 2.05) is 0 Å². The largest absolute Gasteiger partial charge is 0.311 e. The molecule has 2 fully saturated rings. The van der Waals surface area contributed by atoms with Crippen LogP contribution in [0.15, 0.2) is 0 Å². The Labute approximate surface area is 77.3 Å². The maximum absolute atomic E-state index is 12.7. The van der Waals surface area contributed by atoms with E-state index < -0.39 is 5.92 Å². The first-order valence-electron chi connectivity index (χ1n) is 4.25. The highest BCUT2D eigenvalue weighted by atomic mass is 35.5. The Morgan fingerprint density at radius 1 is 0.917 bits per heavy atom. The molecule has 1 nitrogen and oxygen atoms in total. The molecule has 1 spiro atoms. The van der Waals surface area contributed by atoms with E-state index in [9.17, 15) is 8.78 Å². The average molecular weight is 198 g/mol. The minimum Gasteiger partial charge on any atom is -0.311 e. The number of alkyl halides is 2. The lowest BCUT2D eigenvalue weighted by molar-refractivity contribution is -0.0668. The van der Waals surface area contributed by atoms with Gasteiger partial charge >= 0.3 is 0 Å². The van der Waals surface area contributed by atoms with Crippen LogP contribution < -0.4 is 5.32 Å². The molecule has 0 aromatic heterocycles. The molecule has 1 saturated carbocycles. The van der Waals surface area contributed by atoms with Gasteiger partial charge in [-0.1, -0.05) is 0 Å². The molecule has 1 aliphatic carbocycles. The van der Waals surface area contributed by atoms with Crippen LogP contribution in [0.5, 0.6) is 0 Å². The Morgan fingerprint density at radius 3 is 1.75 bits per heavy atom. The van der Waals surface area contributed by atoms with Crippen molar-refractivity contribution in [2.45, 2.75) is 43.6 Å². The number of rotatable bonds is 0. The predicted octanol–water partition coefficient (Wildman–Crippen LogP) is 2.35. The summed E-state index contributed by atoms with van der Waals surface area (Å²) in [6.07, 6.45) is 2.60. The van der Waals surface area contributed by atoms with Gasteiger partial charge in [-0.25, -0.2) is 8.78 Å². The minimum atomic E-state index is -2.37. The van der Waals surface area contributed by atoms with Crippen LogP contribution in [0.1, 0.15) is 32.1 Å². The zero-order chi connectivity index (χ0) is 7.95. The van der Waals surface area contributed by atoms with E-state index in [0.29, 0.717) is 12.8 Å². The number of halogens is 3. The van der Waals surface area contributed by atoms with Crippen molar-refractivity contribution in [3.8, 4) is 0 Å². The van der Waals surface area contributed by atoms with Crippen LogP contribution in [0.3, 0.4) is 0 Å². The van der Waals surface area contributed by atoms with Crippen molar-refractivity contribution in [2.24, 2.45) is 0 Å². The summed E-state index contributed by atoms with van der Waals surface area (Å²) in [6, 6.07) is 0. The van der Waals surface area contributed by atoms with E-state index in [0.717, 1.165) is 13.0 Å². The van der Waals surface area contributed by atoms with Crippen molar-refractivity contribution in [2.75, 3.05) is 6.54 Å². The third-order valence-corrected chi connectivity index (χ3v) is 3.04. The lowest BCUT2D eigenvalue weighted by atomic mass is 9.73. The molecular formula is C8H14ClF2N. The van der Waals surface area contributed by atoms with Gasteiger partial charge in [0.15, 0.2) is 0 Å². The SMILES string of the molecule is Cl.FC1(F)CCC2(CCN2)CC1. The second-order valence-electron chi connectivity index (χ2n) is 3.81. The molecule has 72 valence electrons. The van der Waals surface area contributed by atoms with Gasteiger partial charge in [-0.15, -0.1) is 12.4 Å². The van der Waals surface area contributed by atoms with Gasteiger partial charge in [0.1, 0.15) is 0 Å². The maximum atomic E-state index is 12.7. The Balaban J connectivity index is 0.000000720. The topological polar surface area (TPSA) is 12.0 Å². The molecule has 0 unspecified atom stereocenters. The molecule has 2 rings (SSSR count). The number of hydrogen-bond donors (Lipinski definition) is 1. The van der Waals surface area contributed by atoms with E-state index >= 15 is 0 Å². The van der Waals surface area contributed by atoms with Gasteiger partial charge < -0.3 is 5.32 Å². The Kier molecular flexibility index (Phi) is 2.64. The van der Waals surface area contributed by atoms with Crippen LogP contribution in [0.25, 0.3) is 0 Å². The first-order chi connectivity index (χ1) is 5.12. The molecular weight excluding hydrogens is 184 g/mol. The summed E-state index contributed by atoms with van der Waals surface area (Å²) in [5.41, 5.74) is 0.127. The molecule has 0 aromatic carbocycles. The van der Waals surface area contributed by atoms with E-state index in [4.69, 9.17) is 0 Å². The van der Waals surface area contributed by atoms with E-state index in [1.54, 1.807) is 0 Å². The Hall–Kier alpha value is 0.110. The van der Waals surface area contributed by atoms with Crippen LogP contribution >= 0.6 is 12.4 Å². The fourth-order valence-electron chi connectivity index (χ4n) is 2.00. The molecule has 0 atom stereocenters. The summed E-state index contributed by atoms with van der Waals surface area (Å²) >= 11 is 0. The van der Waals surface area contributed by atoms with Gasteiger partial charge in [-0.2, -0.15) is 0 Å². The summed E-state index contributed by atoms with van der Waals surface area (Å²) in [5, 5.41) is 3.27. The Bertz CT molecular complexity index is 156. The van der Waals surface area contributed by atoms with Crippen LogP contribution in [0.2, 0.25) is 0 Å². The van der Waals surface area contributed by atoms with Crippen molar-refractivity contribution < 1.29 is 8.78 Å². The van der Waals surface area contributed by atoms with E-state index in [1.165, 1.54) is 0 Å². The lowest BCUT2D eigenvalue weighted by Crippen LogP contribution is -2.59. The van der Waals surface area contributed by atoms with Gasteiger partial charge in [-0.05, 0) is 25.8 Å². The quantitative estimate of drug-likeness (QED) is 0.629. The predicted molar refractivity (Wildman–Crippen MR) is 46.0 cm³/mol. The second-order valence-corrected chi connectivity index (χ2v) is 3.81. The summed E-state index contributed by atoms with van der Waals surface area (Å²) in [5.74, 6) is -2.37. The van der Waals surface area contributed by atoms with Gasteiger partial charge in [0.05, 0.1) is 0 Å². The van der Waals surface area contributed by atoms with Crippen LogP contribution in [-0.2, 0) is 0 Å². The molecule has 0 amide bonds. The average Bonchev–Trinajstić information content (AvgIpc) is 1.84. The van der Waals surface area contributed by atoms with Gasteiger partial charge in [-0.3, -0.25) is 0 Å². The van der Waals surface area contributed by atoms with Crippen molar-refractivity contribution in [3.63, 3.8) is 0 Å². The fourth-order valence-corrected chi connectivity index (χ4v) is 2.00. The summed E-state index contributed by atoms with van der Waals surface area (Å²) in [7, 11) is 0. The van der Waals surface area contributed by atoms with Crippen LogP contribution in [0, 0.1) is 0 Å². The number of nitrogens with one attached hydrogen (secondary N) is 1. The van der Waals surface area contributed by atoms with Gasteiger partial charge in [0.2, 0.25) is 5.92 Å². The molecule has 12 heavy (non-hydrogen) atoms. The normalized spacial score (nSPS) is 30.5. The fraction of sp³-hybridized carbons (Fsp3) is 1.00. The third-order valence-electron chi connectivity index (χ3n) is 3.04. The van der Waals surface area contributed by atoms with Crippen molar-refractivity contribution in [1.82, 2.24) is 5.32 Å². The highest BCUT2D eigenvalue weighted by Gasteiger charge is 2.45. The molecule has 4 heteroatoms. The lowest BCUT2D eigenvalue weighted by Gasteiger charge is -2.47. The molecule has 1 aliphatic heterocycles. The number of hydrogen-bond acceptors (Lipinski definition) is 1. The smallest absolute Gasteiger partial charge is 0.248 e. The first kappa shape index (κ1) is 10.2. The molecule has 1 N–H and O–H groups in total. The van der Waals surface area contributed by atoms with Crippen molar-refractivity contribution >= 4 is 12.4 Å².